The number of rotatable bonds is 5. The summed E-state index contributed by atoms with van der Waals surface area (Å²) in [6.07, 6.45) is 4.91. The molecule has 0 spiro atoms. The zero-order chi connectivity index (χ0) is 12.6. The van der Waals surface area contributed by atoms with Crippen LogP contribution in [0.4, 0.5) is 0 Å². The predicted octanol–water partition coefficient (Wildman–Crippen LogP) is 0.669. The molecule has 0 saturated heterocycles. The zero-order valence-electron chi connectivity index (χ0n) is 8.97. The van der Waals surface area contributed by atoms with Gasteiger partial charge in [0.05, 0.1) is 0 Å². The second kappa shape index (κ2) is 3.83. The standard InChI is InChI=1S/C11H10O6/c1-6-4-7-2-3-8(6)11(7,10(14)15)17-16-5-9(12)13/h2-4H,5H2,1H3,(H,12,13)(H,14,15). The van der Waals surface area contributed by atoms with Crippen molar-refractivity contribution in [2.75, 3.05) is 6.61 Å². The number of carboxylic acids is 2. The van der Waals surface area contributed by atoms with Crippen molar-refractivity contribution in [3.05, 3.63) is 34.9 Å². The lowest BCUT2D eigenvalue weighted by atomic mass is 9.96. The lowest BCUT2D eigenvalue weighted by Gasteiger charge is -2.23. The van der Waals surface area contributed by atoms with Crippen LogP contribution in [0.3, 0.4) is 0 Å². The molecule has 2 bridgehead atoms. The third-order valence-corrected chi connectivity index (χ3v) is 2.68. The van der Waals surface area contributed by atoms with Crippen LogP contribution in [-0.2, 0) is 19.4 Å². The van der Waals surface area contributed by atoms with Gasteiger partial charge >= 0.3 is 11.9 Å². The molecule has 6 heteroatoms. The summed E-state index contributed by atoms with van der Waals surface area (Å²) in [5.41, 5.74) is -0.0448. The normalized spacial score (nSPS) is 25.4. The van der Waals surface area contributed by atoms with Crippen LogP contribution in [0.5, 0.6) is 0 Å². The van der Waals surface area contributed by atoms with Crippen LogP contribution in [0.25, 0.3) is 0 Å². The van der Waals surface area contributed by atoms with Crippen molar-refractivity contribution >= 4 is 11.9 Å². The average molecular weight is 238 g/mol. The average Bonchev–Trinajstić information content (AvgIpc) is 2.70. The Kier molecular flexibility index (Phi) is 2.60. The minimum atomic E-state index is -1.71. The molecule has 0 aromatic rings. The van der Waals surface area contributed by atoms with E-state index in [9.17, 15) is 14.7 Å². The van der Waals surface area contributed by atoms with Gasteiger partial charge in [-0.25, -0.2) is 19.4 Å². The Hall–Kier alpha value is -1.92. The molecule has 0 aromatic heterocycles. The molecule has 1 atom stereocenters. The van der Waals surface area contributed by atoms with E-state index in [1.807, 2.05) is 0 Å². The van der Waals surface area contributed by atoms with Gasteiger partial charge in [-0.3, -0.25) is 0 Å². The highest BCUT2D eigenvalue weighted by molar-refractivity contribution is 5.93. The van der Waals surface area contributed by atoms with Crippen molar-refractivity contribution in [2.45, 2.75) is 12.5 Å². The predicted molar refractivity (Wildman–Crippen MR) is 55.0 cm³/mol. The summed E-state index contributed by atoms with van der Waals surface area (Å²) in [6.45, 7) is 1.04. The Morgan fingerprint density at radius 3 is 2.47 bits per heavy atom. The second-order valence-electron chi connectivity index (χ2n) is 3.76. The topological polar surface area (TPSA) is 93.1 Å². The highest BCUT2D eigenvalue weighted by Gasteiger charge is 2.53. The van der Waals surface area contributed by atoms with E-state index in [-0.39, 0.29) is 0 Å². The summed E-state index contributed by atoms with van der Waals surface area (Å²) >= 11 is 0. The van der Waals surface area contributed by atoms with Crippen molar-refractivity contribution in [2.24, 2.45) is 0 Å². The van der Waals surface area contributed by atoms with Gasteiger partial charge in [0.1, 0.15) is 0 Å². The number of aliphatic carboxylic acids is 2. The van der Waals surface area contributed by atoms with Crippen LogP contribution >= 0.6 is 0 Å². The Balaban J connectivity index is 2.23. The molecule has 0 radical (unpaired) electrons. The quantitative estimate of drug-likeness (QED) is 0.540. The number of hydrogen-bond acceptors (Lipinski definition) is 4. The Bertz CT molecular complexity index is 484. The van der Waals surface area contributed by atoms with E-state index in [1.54, 1.807) is 25.2 Å². The smallest absolute Gasteiger partial charge is 0.348 e. The number of hydrogen-bond donors (Lipinski definition) is 2. The van der Waals surface area contributed by atoms with Crippen molar-refractivity contribution in [3.63, 3.8) is 0 Å². The number of carboxylic acid groups (broad SMARTS) is 2. The van der Waals surface area contributed by atoms with Crippen molar-refractivity contribution in [3.8, 4) is 0 Å². The van der Waals surface area contributed by atoms with E-state index in [0.717, 1.165) is 5.57 Å². The lowest BCUT2D eigenvalue weighted by Crippen LogP contribution is -2.41. The molecule has 6 nitrogen and oxygen atoms in total. The first-order valence-electron chi connectivity index (χ1n) is 4.86. The van der Waals surface area contributed by atoms with Crippen LogP contribution in [0.15, 0.2) is 34.9 Å². The minimum absolute atomic E-state index is 0.433. The van der Waals surface area contributed by atoms with Gasteiger partial charge in [0.25, 0.3) is 0 Å². The van der Waals surface area contributed by atoms with Gasteiger partial charge in [0.2, 0.25) is 5.60 Å². The first kappa shape index (κ1) is 11.6. The summed E-state index contributed by atoms with van der Waals surface area (Å²) in [7, 11) is 0. The summed E-state index contributed by atoms with van der Waals surface area (Å²) < 4.78 is 0. The molecule has 2 rings (SSSR count). The first-order chi connectivity index (χ1) is 7.98. The molecule has 17 heavy (non-hydrogen) atoms. The lowest BCUT2D eigenvalue weighted by molar-refractivity contribution is -0.330. The Labute approximate surface area is 96.4 Å². The minimum Gasteiger partial charge on any atom is -0.479 e. The van der Waals surface area contributed by atoms with Gasteiger partial charge in [0, 0.05) is 11.1 Å². The monoisotopic (exact) mass is 238 g/mol. The van der Waals surface area contributed by atoms with Crippen LogP contribution in [-0.4, -0.2) is 34.4 Å². The molecule has 2 aliphatic rings. The van der Waals surface area contributed by atoms with Crippen LogP contribution in [0, 0.1) is 0 Å². The maximum Gasteiger partial charge on any atom is 0.348 e. The van der Waals surface area contributed by atoms with E-state index in [2.05, 4.69) is 4.89 Å². The Morgan fingerprint density at radius 1 is 1.35 bits per heavy atom. The highest BCUT2D eigenvalue weighted by Crippen LogP contribution is 2.45. The first-order valence-corrected chi connectivity index (χ1v) is 4.86. The summed E-state index contributed by atoms with van der Waals surface area (Å²) in [5, 5.41) is 17.7. The van der Waals surface area contributed by atoms with Gasteiger partial charge in [-0.05, 0) is 12.5 Å². The van der Waals surface area contributed by atoms with E-state index < -0.39 is 24.1 Å². The summed E-state index contributed by atoms with van der Waals surface area (Å²) in [6, 6.07) is 0. The molecule has 0 fully saturated rings. The fourth-order valence-corrected chi connectivity index (χ4v) is 1.97. The van der Waals surface area contributed by atoms with Crippen molar-refractivity contribution < 1.29 is 29.6 Å². The third kappa shape index (κ3) is 1.58. The van der Waals surface area contributed by atoms with Crippen molar-refractivity contribution in [1.82, 2.24) is 0 Å². The van der Waals surface area contributed by atoms with Gasteiger partial charge in [-0.15, -0.1) is 0 Å². The number of carbonyl (C=O) groups is 2. The zero-order valence-corrected chi connectivity index (χ0v) is 8.97. The Morgan fingerprint density at radius 2 is 2.06 bits per heavy atom. The van der Waals surface area contributed by atoms with Crippen LogP contribution in [0.2, 0.25) is 0 Å². The van der Waals surface area contributed by atoms with Gasteiger partial charge in [-0.1, -0.05) is 18.2 Å². The molecule has 0 aliphatic heterocycles. The molecule has 1 unspecified atom stereocenters. The van der Waals surface area contributed by atoms with Gasteiger partial charge in [0.15, 0.2) is 6.61 Å². The molecule has 2 N–H and O–H groups in total. The van der Waals surface area contributed by atoms with Crippen molar-refractivity contribution in [1.29, 1.82) is 0 Å². The molecule has 0 amide bonds. The third-order valence-electron chi connectivity index (χ3n) is 2.68. The summed E-state index contributed by atoms with van der Waals surface area (Å²) in [5.74, 6) is -2.46. The fraction of sp³-hybridized carbons (Fsp3) is 0.273. The number of fused-ring (bicyclic) bond motifs is 2. The molecular weight excluding hydrogens is 228 g/mol. The molecule has 0 heterocycles. The molecule has 0 saturated carbocycles. The maximum atomic E-state index is 11.3. The summed E-state index contributed by atoms with van der Waals surface area (Å²) in [4.78, 5) is 31.0. The van der Waals surface area contributed by atoms with Gasteiger partial charge in [-0.2, -0.15) is 0 Å². The van der Waals surface area contributed by atoms with E-state index in [4.69, 9.17) is 9.99 Å². The molecule has 0 aromatic carbocycles. The van der Waals surface area contributed by atoms with Crippen LogP contribution in [0.1, 0.15) is 6.92 Å². The molecular formula is C11H10O6. The van der Waals surface area contributed by atoms with E-state index in [0.29, 0.717) is 11.1 Å². The van der Waals surface area contributed by atoms with Gasteiger partial charge < -0.3 is 10.2 Å². The SMILES string of the molecule is CC1=C2C=CC(=C1)C2(OOCC(=O)O)C(=O)O. The fourth-order valence-electron chi connectivity index (χ4n) is 1.97. The largest absolute Gasteiger partial charge is 0.479 e. The van der Waals surface area contributed by atoms with E-state index in [1.165, 1.54) is 0 Å². The van der Waals surface area contributed by atoms with Crippen LogP contribution < -0.4 is 0 Å². The number of allylic oxidation sites excluding steroid dienone is 2. The van der Waals surface area contributed by atoms with E-state index >= 15 is 0 Å². The molecule has 90 valence electrons. The second-order valence-corrected chi connectivity index (χ2v) is 3.76. The molecule has 2 aliphatic carbocycles. The highest BCUT2D eigenvalue weighted by atomic mass is 17.2. The maximum absolute atomic E-state index is 11.3.